The summed E-state index contributed by atoms with van der Waals surface area (Å²) < 4.78 is 16.9. The van der Waals surface area contributed by atoms with E-state index in [0.29, 0.717) is 23.3 Å². The van der Waals surface area contributed by atoms with Gasteiger partial charge in [0.05, 0.1) is 11.2 Å². The molecule has 2 bridgehead atoms. The predicted molar refractivity (Wildman–Crippen MR) is 105 cm³/mol. The number of carboxylic acids is 1. The van der Waals surface area contributed by atoms with Gasteiger partial charge in [0.1, 0.15) is 11.4 Å². The summed E-state index contributed by atoms with van der Waals surface area (Å²) in [5, 5.41) is 9.53. The van der Waals surface area contributed by atoms with Gasteiger partial charge in [0.15, 0.2) is 0 Å². The van der Waals surface area contributed by atoms with Gasteiger partial charge in [-0.05, 0) is 51.3 Å². The summed E-state index contributed by atoms with van der Waals surface area (Å²) in [6.07, 6.45) is 6.66. The van der Waals surface area contributed by atoms with Crippen molar-refractivity contribution in [3.05, 3.63) is 39.9 Å². The number of pyridine rings is 1. The Morgan fingerprint density at radius 1 is 1.11 bits per heavy atom. The molecule has 0 unspecified atom stereocenters. The largest absolute Gasteiger partial charge is 0.477 e. The quantitative estimate of drug-likeness (QED) is 0.880. The molecule has 0 spiro atoms. The van der Waals surface area contributed by atoms with E-state index in [0.717, 1.165) is 38.8 Å². The summed E-state index contributed by atoms with van der Waals surface area (Å²) in [7, 11) is 2.15. The van der Waals surface area contributed by atoms with Crippen molar-refractivity contribution < 1.29 is 14.3 Å². The highest BCUT2D eigenvalue weighted by Gasteiger charge is 2.35. The smallest absolute Gasteiger partial charge is 0.341 e. The number of likely N-dealkylation sites (N-methyl/N-ethyl adjacent to an activating group) is 1. The summed E-state index contributed by atoms with van der Waals surface area (Å²) in [5.74, 6) is -1.72. The van der Waals surface area contributed by atoms with E-state index in [9.17, 15) is 14.7 Å². The van der Waals surface area contributed by atoms with Crippen LogP contribution in [-0.4, -0.2) is 52.8 Å². The minimum absolute atomic E-state index is 0.154. The van der Waals surface area contributed by atoms with Crippen molar-refractivity contribution in [1.29, 1.82) is 0 Å². The lowest BCUT2D eigenvalue weighted by Crippen LogP contribution is -2.37. The third kappa shape index (κ3) is 2.71. The summed E-state index contributed by atoms with van der Waals surface area (Å²) in [4.78, 5) is 28.6. The number of halogens is 1. The van der Waals surface area contributed by atoms with E-state index in [2.05, 4.69) is 16.8 Å². The second-order valence-electron chi connectivity index (χ2n) is 8.42. The van der Waals surface area contributed by atoms with E-state index < -0.39 is 17.2 Å². The summed E-state index contributed by atoms with van der Waals surface area (Å²) in [6.45, 7) is 1.56. The van der Waals surface area contributed by atoms with E-state index >= 15 is 4.39 Å². The van der Waals surface area contributed by atoms with Gasteiger partial charge in [-0.1, -0.05) is 0 Å². The molecule has 0 radical (unpaired) electrons. The molecule has 5 rings (SSSR count). The molecule has 3 fully saturated rings. The number of aromatic nitrogens is 1. The Hall–Kier alpha value is -2.41. The maximum Gasteiger partial charge on any atom is 0.341 e. The minimum atomic E-state index is -1.27. The average molecular weight is 385 g/mol. The third-order valence-electron chi connectivity index (χ3n) is 6.76. The Bertz CT molecular complexity index is 1030. The maximum atomic E-state index is 15.1. The fourth-order valence-electron chi connectivity index (χ4n) is 4.94. The Morgan fingerprint density at radius 2 is 1.82 bits per heavy atom. The van der Waals surface area contributed by atoms with Gasteiger partial charge < -0.3 is 14.6 Å². The number of hydrogen-bond donors (Lipinski definition) is 1. The molecular weight excluding hydrogens is 361 g/mol. The van der Waals surface area contributed by atoms with Crippen molar-refractivity contribution in [3.63, 3.8) is 0 Å². The normalized spacial score (nSPS) is 25.3. The van der Waals surface area contributed by atoms with Gasteiger partial charge in [-0.2, -0.15) is 0 Å². The highest BCUT2D eigenvalue weighted by molar-refractivity contribution is 5.93. The lowest BCUT2D eigenvalue weighted by molar-refractivity contribution is 0.0695. The molecule has 1 saturated carbocycles. The number of nitrogens with zero attached hydrogens (tertiary/aromatic N) is 3. The van der Waals surface area contributed by atoms with Crippen LogP contribution in [-0.2, 0) is 0 Å². The number of fused-ring (bicyclic) bond motifs is 3. The number of anilines is 1. The minimum Gasteiger partial charge on any atom is -0.477 e. The van der Waals surface area contributed by atoms with Gasteiger partial charge in [0.25, 0.3) is 0 Å². The van der Waals surface area contributed by atoms with Crippen molar-refractivity contribution in [2.24, 2.45) is 0 Å². The molecule has 2 aromatic rings. The number of aromatic carboxylic acids is 1. The van der Waals surface area contributed by atoms with Gasteiger partial charge in [-0.25, -0.2) is 9.18 Å². The zero-order valence-electron chi connectivity index (χ0n) is 15.9. The van der Waals surface area contributed by atoms with Crippen molar-refractivity contribution in [3.8, 4) is 0 Å². The van der Waals surface area contributed by atoms with E-state index in [1.807, 2.05) is 4.57 Å². The second-order valence-corrected chi connectivity index (χ2v) is 8.42. The van der Waals surface area contributed by atoms with Crippen LogP contribution in [0.3, 0.4) is 0 Å². The topological polar surface area (TPSA) is 65.8 Å². The van der Waals surface area contributed by atoms with E-state index in [1.54, 1.807) is 6.07 Å². The van der Waals surface area contributed by atoms with Crippen LogP contribution >= 0.6 is 0 Å². The van der Waals surface area contributed by atoms with Gasteiger partial charge in [0, 0.05) is 42.8 Å². The fourth-order valence-corrected chi connectivity index (χ4v) is 4.94. The zero-order chi connectivity index (χ0) is 19.6. The molecule has 28 heavy (non-hydrogen) atoms. The van der Waals surface area contributed by atoms with E-state index in [-0.39, 0.29) is 17.0 Å². The van der Waals surface area contributed by atoms with Crippen LogP contribution in [0.25, 0.3) is 10.9 Å². The number of rotatable bonds is 3. The standard InChI is InChI=1S/C21H24FN3O3/c1-23-12-2-5-14(23)10-24(7-6-12)19-9-18-15(8-17(19)22)20(26)16(21(27)28)11-25(18)13-3-4-13/h8-9,11-14H,2-7,10H2,1H3,(H,27,28)/t12-,14+/m1/s1. The molecule has 1 aliphatic carbocycles. The Morgan fingerprint density at radius 3 is 2.54 bits per heavy atom. The predicted octanol–water partition coefficient (Wildman–Crippen LogP) is 2.85. The van der Waals surface area contributed by atoms with Crippen LogP contribution in [0.5, 0.6) is 0 Å². The third-order valence-corrected chi connectivity index (χ3v) is 6.76. The first kappa shape index (κ1) is 17.7. The molecule has 2 saturated heterocycles. The van der Waals surface area contributed by atoms with Gasteiger partial charge in [0.2, 0.25) is 5.43 Å². The maximum absolute atomic E-state index is 15.1. The monoisotopic (exact) mass is 385 g/mol. The highest BCUT2D eigenvalue weighted by Crippen LogP contribution is 2.39. The second kappa shape index (κ2) is 6.30. The summed E-state index contributed by atoms with van der Waals surface area (Å²) in [5.41, 5.74) is 0.252. The van der Waals surface area contributed by atoms with Crippen molar-refractivity contribution >= 4 is 22.6 Å². The molecule has 2 atom stereocenters. The molecule has 1 aromatic heterocycles. The van der Waals surface area contributed by atoms with E-state index in [4.69, 9.17) is 0 Å². The molecular formula is C21H24FN3O3. The van der Waals surface area contributed by atoms with Crippen molar-refractivity contribution in [2.75, 3.05) is 25.0 Å². The summed E-state index contributed by atoms with van der Waals surface area (Å²) in [6, 6.07) is 4.16. The lowest BCUT2D eigenvalue weighted by Gasteiger charge is -2.28. The summed E-state index contributed by atoms with van der Waals surface area (Å²) >= 11 is 0. The first-order valence-corrected chi connectivity index (χ1v) is 10.0. The SMILES string of the molecule is CN1[C@@H]2CC[C@H]1CN(c1cc3c(cc1F)c(=O)c(C(=O)O)cn3C1CC1)CC2. The van der Waals surface area contributed by atoms with Crippen molar-refractivity contribution in [1.82, 2.24) is 9.47 Å². The van der Waals surface area contributed by atoms with Gasteiger partial charge in [-0.15, -0.1) is 0 Å². The van der Waals surface area contributed by atoms with Crippen molar-refractivity contribution in [2.45, 2.75) is 50.2 Å². The number of benzene rings is 1. The highest BCUT2D eigenvalue weighted by atomic mass is 19.1. The number of carboxylic acid groups (broad SMARTS) is 1. The van der Waals surface area contributed by atoms with Gasteiger partial charge >= 0.3 is 5.97 Å². The molecule has 0 amide bonds. The van der Waals surface area contributed by atoms with Crippen LogP contribution in [0.15, 0.2) is 23.1 Å². The van der Waals surface area contributed by atoms with Gasteiger partial charge in [-0.3, -0.25) is 9.69 Å². The lowest BCUT2D eigenvalue weighted by atomic mass is 10.1. The molecule has 3 heterocycles. The molecule has 6 nitrogen and oxygen atoms in total. The Kier molecular flexibility index (Phi) is 3.98. The van der Waals surface area contributed by atoms with Crippen LogP contribution in [0.2, 0.25) is 0 Å². The molecule has 1 aromatic carbocycles. The number of hydrogen-bond acceptors (Lipinski definition) is 4. The first-order chi connectivity index (χ1) is 13.4. The molecule has 1 N–H and O–H groups in total. The molecule has 2 aliphatic heterocycles. The Labute approximate surface area is 162 Å². The van der Waals surface area contributed by atoms with E-state index in [1.165, 1.54) is 18.7 Å². The first-order valence-electron chi connectivity index (χ1n) is 10.0. The fraction of sp³-hybridized carbons (Fsp3) is 0.524. The molecule has 148 valence electrons. The van der Waals surface area contributed by atoms with Crippen LogP contribution < -0.4 is 10.3 Å². The van der Waals surface area contributed by atoms with Crippen LogP contribution in [0, 0.1) is 5.82 Å². The number of carbonyl (C=O) groups is 1. The Balaban J connectivity index is 1.64. The van der Waals surface area contributed by atoms with Crippen LogP contribution in [0.1, 0.15) is 48.5 Å². The van der Waals surface area contributed by atoms with Crippen LogP contribution in [0.4, 0.5) is 10.1 Å². The zero-order valence-corrected chi connectivity index (χ0v) is 15.9. The average Bonchev–Trinajstić information content (AvgIpc) is 3.43. The molecule has 7 heteroatoms. The molecule has 3 aliphatic rings.